The van der Waals surface area contributed by atoms with Crippen LogP contribution in [0.15, 0.2) is 48.7 Å². The number of methoxy groups -OCH3 is 2. The molecule has 0 aliphatic rings. The van der Waals surface area contributed by atoms with E-state index in [-0.39, 0.29) is 11.4 Å². The monoisotopic (exact) mass is 420 g/mol. The fourth-order valence-corrected chi connectivity index (χ4v) is 2.85. The van der Waals surface area contributed by atoms with Gasteiger partial charge in [0.05, 0.1) is 31.7 Å². The summed E-state index contributed by atoms with van der Waals surface area (Å²) in [6.07, 6.45) is -2.88. The maximum Gasteiger partial charge on any atom is 0.418 e. The van der Waals surface area contributed by atoms with E-state index in [9.17, 15) is 18.0 Å². The van der Waals surface area contributed by atoms with Crippen LogP contribution in [0, 0.1) is 0 Å². The zero-order valence-electron chi connectivity index (χ0n) is 16.2. The van der Waals surface area contributed by atoms with Crippen molar-refractivity contribution in [1.82, 2.24) is 20.3 Å². The number of carbonyl (C=O) groups is 1. The van der Waals surface area contributed by atoms with Crippen molar-refractivity contribution in [3.63, 3.8) is 0 Å². The van der Waals surface area contributed by atoms with Crippen molar-refractivity contribution >= 4 is 5.91 Å². The zero-order valence-corrected chi connectivity index (χ0v) is 16.2. The molecule has 1 N–H and O–H groups in total. The minimum Gasteiger partial charge on any atom is -0.493 e. The molecule has 2 aromatic carbocycles. The van der Waals surface area contributed by atoms with E-state index in [2.05, 4.69) is 15.6 Å². The summed E-state index contributed by atoms with van der Waals surface area (Å²) < 4.78 is 50.9. The third kappa shape index (κ3) is 4.70. The van der Waals surface area contributed by atoms with Crippen LogP contribution >= 0.6 is 0 Å². The van der Waals surface area contributed by atoms with E-state index in [1.165, 1.54) is 32.4 Å². The molecule has 1 amide bonds. The lowest BCUT2D eigenvalue weighted by atomic mass is 10.1. The number of alkyl halides is 3. The van der Waals surface area contributed by atoms with Crippen molar-refractivity contribution in [1.29, 1.82) is 0 Å². The number of carbonyl (C=O) groups excluding carboxylic acids is 1. The molecule has 0 aliphatic heterocycles. The third-order valence-electron chi connectivity index (χ3n) is 4.33. The second-order valence-corrected chi connectivity index (χ2v) is 6.26. The molecule has 158 valence electrons. The summed E-state index contributed by atoms with van der Waals surface area (Å²) >= 11 is 0. The molecule has 1 aromatic heterocycles. The summed E-state index contributed by atoms with van der Waals surface area (Å²) in [5, 5.41) is 10.0. The lowest BCUT2D eigenvalue weighted by Crippen LogP contribution is -2.26. The van der Waals surface area contributed by atoms with E-state index in [0.717, 1.165) is 22.5 Å². The van der Waals surface area contributed by atoms with Crippen molar-refractivity contribution in [2.75, 3.05) is 20.8 Å². The lowest BCUT2D eigenvalue weighted by Gasteiger charge is -2.11. The second-order valence-electron chi connectivity index (χ2n) is 6.26. The Kier molecular flexibility index (Phi) is 6.24. The number of nitrogens with one attached hydrogen (secondary N) is 1. The Balaban J connectivity index is 1.65. The highest BCUT2D eigenvalue weighted by Gasteiger charge is 2.34. The van der Waals surface area contributed by atoms with E-state index in [1.54, 1.807) is 12.1 Å². The first-order valence-corrected chi connectivity index (χ1v) is 8.91. The number of aromatic nitrogens is 3. The number of amides is 1. The molecule has 1 heterocycles. The topological polar surface area (TPSA) is 78.3 Å². The van der Waals surface area contributed by atoms with Crippen LogP contribution in [0.1, 0.15) is 21.6 Å². The minimum atomic E-state index is -4.55. The van der Waals surface area contributed by atoms with Gasteiger partial charge in [-0.3, -0.25) is 4.79 Å². The maximum absolute atomic E-state index is 13.2. The first kappa shape index (κ1) is 21.2. The van der Waals surface area contributed by atoms with Crippen molar-refractivity contribution < 1.29 is 27.4 Å². The van der Waals surface area contributed by atoms with E-state index >= 15 is 0 Å². The fraction of sp³-hybridized carbons (Fsp3) is 0.250. The van der Waals surface area contributed by atoms with Gasteiger partial charge < -0.3 is 14.8 Å². The Morgan fingerprint density at radius 3 is 2.53 bits per heavy atom. The number of benzene rings is 2. The Bertz CT molecular complexity index is 1030. The van der Waals surface area contributed by atoms with Gasteiger partial charge in [-0.25, -0.2) is 4.68 Å². The summed E-state index contributed by atoms with van der Waals surface area (Å²) in [7, 11) is 3.07. The molecule has 0 unspecified atom stereocenters. The highest BCUT2D eigenvalue weighted by Crippen LogP contribution is 2.33. The van der Waals surface area contributed by atoms with Crippen molar-refractivity contribution in [2.24, 2.45) is 0 Å². The standard InChI is InChI=1S/C20H19F3N4O3/c1-29-17-8-7-13(11-18(17)30-2)9-10-24-19(28)15-12-27(26-25-15)16-6-4-3-5-14(16)20(21,22)23/h3-8,11-12H,9-10H2,1-2H3,(H,24,28). The van der Waals surface area contributed by atoms with Gasteiger partial charge in [0.2, 0.25) is 0 Å². The Hall–Kier alpha value is -3.56. The Morgan fingerprint density at radius 2 is 1.83 bits per heavy atom. The zero-order chi connectivity index (χ0) is 21.7. The van der Waals surface area contributed by atoms with Gasteiger partial charge in [-0.1, -0.05) is 23.4 Å². The van der Waals surface area contributed by atoms with Crippen LogP contribution in [0.25, 0.3) is 5.69 Å². The minimum absolute atomic E-state index is 0.0840. The number of rotatable bonds is 7. The predicted molar refractivity (Wildman–Crippen MR) is 102 cm³/mol. The molecule has 7 nitrogen and oxygen atoms in total. The number of hydrogen-bond donors (Lipinski definition) is 1. The molecule has 0 fully saturated rings. The van der Waals surface area contributed by atoms with Crippen molar-refractivity contribution in [2.45, 2.75) is 12.6 Å². The number of para-hydroxylation sites is 1. The van der Waals surface area contributed by atoms with Crippen LogP contribution in [0.5, 0.6) is 11.5 Å². The molecular formula is C20H19F3N4O3. The molecular weight excluding hydrogens is 401 g/mol. The summed E-state index contributed by atoms with van der Waals surface area (Å²) in [4.78, 5) is 12.3. The van der Waals surface area contributed by atoms with Crippen LogP contribution in [-0.2, 0) is 12.6 Å². The summed E-state index contributed by atoms with van der Waals surface area (Å²) in [6, 6.07) is 10.4. The third-order valence-corrected chi connectivity index (χ3v) is 4.33. The van der Waals surface area contributed by atoms with Gasteiger partial charge >= 0.3 is 6.18 Å². The number of hydrogen-bond acceptors (Lipinski definition) is 5. The molecule has 0 saturated carbocycles. The normalized spacial score (nSPS) is 11.2. The quantitative estimate of drug-likeness (QED) is 0.635. The molecule has 0 aliphatic carbocycles. The van der Waals surface area contributed by atoms with E-state index in [0.29, 0.717) is 24.5 Å². The highest BCUT2D eigenvalue weighted by atomic mass is 19.4. The van der Waals surface area contributed by atoms with Gasteiger partial charge in [-0.2, -0.15) is 13.2 Å². The first-order valence-electron chi connectivity index (χ1n) is 8.91. The van der Waals surface area contributed by atoms with Gasteiger partial charge in [-0.05, 0) is 36.2 Å². The average molecular weight is 420 g/mol. The molecule has 0 saturated heterocycles. The lowest BCUT2D eigenvalue weighted by molar-refractivity contribution is -0.137. The van der Waals surface area contributed by atoms with Crippen LogP contribution in [0.2, 0.25) is 0 Å². The van der Waals surface area contributed by atoms with Gasteiger partial charge in [0.15, 0.2) is 17.2 Å². The molecule has 3 aromatic rings. The number of ether oxygens (including phenoxy) is 2. The van der Waals surface area contributed by atoms with Crippen LogP contribution in [0.3, 0.4) is 0 Å². The average Bonchev–Trinajstić information content (AvgIpc) is 3.23. The molecule has 10 heteroatoms. The summed E-state index contributed by atoms with van der Waals surface area (Å²) in [6.45, 7) is 0.292. The number of nitrogens with zero attached hydrogens (tertiary/aromatic N) is 3. The van der Waals surface area contributed by atoms with Crippen molar-refractivity contribution in [3.8, 4) is 17.2 Å². The molecule has 0 spiro atoms. The second kappa shape index (κ2) is 8.85. The fourth-order valence-electron chi connectivity index (χ4n) is 2.85. The van der Waals surface area contributed by atoms with Gasteiger partial charge in [0, 0.05) is 6.54 Å². The predicted octanol–water partition coefficient (Wildman–Crippen LogP) is 3.28. The van der Waals surface area contributed by atoms with Crippen LogP contribution < -0.4 is 14.8 Å². The Morgan fingerprint density at radius 1 is 1.10 bits per heavy atom. The molecule has 0 atom stereocenters. The van der Waals surface area contributed by atoms with Gasteiger partial charge in [0.25, 0.3) is 5.91 Å². The summed E-state index contributed by atoms with van der Waals surface area (Å²) in [5.74, 6) is 0.639. The largest absolute Gasteiger partial charge is 0.493 e. The molecule has 0 bridgehead atoms. The maximum atomic E-state index is 13.2. The molecule has 0 radical (unpaired) electrons. The molecule has 30 heavy (non-hydrogen) atoms. The van der Waals surface area contributed by atoms with Crippen LogP contribution in [0.4, 0.5) is 13.2 Å². The summed E-state index contributed by atoms with van der Waals surface area (Å²) in [5.41, 5.74) is -0.243. The van der Waals surface area contributed by atoms with Gasteiger partial charge in [0.1, 0.15) is 0 Å². The van der Waals surface area contributed by atoms with E-state index in [4.69, 9.17) is 9.47 Å². The van der Waals surface area contributed by atoms with E-state index < -0.39 is 17.6 Å². The van der Waals surface area contributed by atoms with Crippen molar-refractivity contribution in [3.05, 3.63) is 65.5 Å². The van der Waals surface area contributed by atoms with Crippen LogP contribution in [-0.4, -0.2) is 41.7 Å². The Labute approximate surface area is 170 Å². The smallest absolute Gasteiger partial charge is 0.418 e. The van der Waals surface area contributed by atoms with Gasteiger partial charge in [-0.15, -0.1) is 5.10 Å². The number of halogens is 3. The molecule has 3 rings (SSSR count). The SMILES string of the molecule is COc1ccc(CCNC(=O)c2cn(-c3ccccc3C(F)(F)F)nn2)cc1OC. The highest BCUT2D eigenvalue weighted by molar-refractivity contribution is 5.91. The van der Waals surface area contributed by atoms with E-state index in [1.807, 2.05) is 6.07 Å². The first-order chi connectivity index (χ1) is 14.3.